The van der Waals surface area contributed by atoms with E-state index in [0.29, 0.717) is 19.3 Å². The summed E-state index contributed by atoms with van der Waals surface area (Å²) < 4.78 is 16.7. The second-order valence-electron chi connectivity index (χ2n) is 15.4. The quantitative estimate of drug-likeness (QED) is 0.0201. The number of carbonyl (C=O) groups is 3. The van der Waals surface area contributed by atoms with Crippen LogP contribution >= 0.6 is 0 Å². The van der Waals surface area contributed by atoms with Gasteiger partial charge in [-0.15, -0.1) is 0 Å². The number of allylic oxidation sites excluding steroid dienone is 16. The van der Waals surface area contributed by atoms with Crippen LogP contribution in [0, 0.1) is 0 Å². The number of unbranched alkanes of at least 4 members (excludes halogenated alkanes) is 18. The molecule has 0 spiro atoms. The molecule has 0 fully saturated rings. The first kappa shape index (κ1) is 55.3. The number of ether oxygens (including phenoxy) is 3. The van der Waals surface area contributed by atoms with E-state index in [4.69, 9.17) is 14.2 Å². The molecule has 6 nitrogen and oxygen atoms in total. The Morgan fingerprint density at radius 1 is 0.373 bits per heavy atom. The van der Waals surface area contributed by atoms with Gasteiger partial charge in [0.15, 0.2) is 6.10 Å². The highest BCUT2D eigenvalue weighted by Crippen LogP contribution is 2.14. The molecule has 0 aliphatic heterocycles. The Morgan fingerprint density at radius 2 is 0.780 bits per heavy atom. The van der Waals surface area contributed by atoms with Gasteiger partial charge >= 0.3 is 17.9 Å². The summed E-state index contributed by atoms with van der Waals surface area (Å²) in [6, 6.07) is 0. The average Bonchev–Trinajstić information content (AvgIpc) is 3.23. The summed E-state index contributed by atoms with van der Waals surface area (Å²) in [6.45, 7) is 6.34. The lowest BCUT2D eigenvalue weighted by Crippen LogP contribution is -2.30. The Hall–Kier alpha value is -3.67. The Kier molecular flexibility index (Phi) is 44.1. The predicted octanol–water partition coefficient (Wildman–Crippen LogP) is 15.4. The molecule has 0 aliphatic rings. The molecule has 0 saturated carbocycles. The summed E-state index contributed by atoms with van der Waals surface area (Å²) in [5, 5.41) is 0. The largest absolute Gasteiger partial charge is 0.462 e. The molecule has 6 heteroatoms. The van der Waals surface area contributed by atoms with Gasteiger partial charge in [-0.05, 0) is 64.2 Å². The van der Waals surface area contributed by atoms with E-state index >= 15 is 0 Å². The first-order valence-corrected chi connectivity index (χ1v) is 23.8. The van der Waals surface area contributed by atoms with Crippen molar-refractivity contribution in [2.24, 2.45) is 0 Å². The maximum absolute atomic E-state index is 12.7. The minimum atomic E-state index is -0.805. The van der Waals surface area contributed by atoms with E-state index in [0.717, 1.165) is 89.9 Å². The fraction of sp³-hybridized carbons (Fsp3) is 0.642. The van der Waals surface area contributed by atoms with Gasteiger partial charge in [0.2, 0.25) is 0 Å². The SMILES string of the molecule is CC/C=C\C/C=C\C/C=C\CCCC(=O)OCC(COC(=O)CCCCCCC\C=C/C=C\C=C/C=C\C=C/CCC)OC(=O)CCCCCCCCCCCCCC. The van der Waals surface area contributed by atoms with Gasteiger partial charge in [-0.1, -0.05) is 214 Å². The lowest BCUT2D eigenvalue weighted by molar-refractivity contribution is -0.167. The Labute approximate surface area is 362 Å². The van der Waals surface area contributed by atoms with Crippen LogP contribution in [0.3, 0.4) is 0 Å². The van der Waals surface area contributed by atoms with Gasteiger partial charge in [-0.25, -0.2) is 0 Å². The predicted molar refractivity (Wildman–Crippen MR) is 251 cm³/mol. The lowest BCUT2D eigenvalue weighted by atomic mass is 10.0. The summed E-state index contributed by atoms with van der Waals surface area (Å²) in [7, 11) is 0. The van der Waals surface area contributed by atoms with Gasteiger partial charge in [-0.2, -0.15) is 0 Å². The van der Waals surface area contributed by atoms with Gasteiger partial charge in [0.25, 0.3) is 0 Å². The van der Waals surface area contributed by atoms with Crippen molar-refractivity contribution in [3.8, 4) is 0 Å². The van der Waals surface area contributed by atoms with Crippen LogP contribution in [0.25, 0.3) is 0 Å². The zero-order chi connectivity index (χ0) is 43.0. The van der Waals surface area contributed by atoms with Crippen LogP contribution in [0.5, 0.6) is 0 Å². The molecule has 59 heavy (non-hydrogen) atoms. The molecular formula is C53H86O6. The van der Waals surface area contributed by atoms with E-state index in [1.165, 1.54) is 64.2 Å². The minimum Gasteiger partial charge on any atom is -0.462 e. The Balaban J connectivity index is 4.48. The number of carbonyl (C=O) groups excluding carboxylic acids is 3. The van der Waals surface area contributed by atoms with Crippen molar-refractivity contribution in [3.63, 3.8) is 0 Å². The summed E-state index contributed by atoms with van der Waals surface area (Å²) >= 11 is 0. The molecule has 0 aromatic carbocycles. The van der Waals surface area contributed by atoms with Gasteiger partial charge in [-0.3, -0.25) is 14.4 Å². The van der Waals surface area contributed by atoms with Crippen molar-refractivity contribution in [1.82, 2.24) is 0 Å². The number of hydrogen-bond acceptors (Lipinski definition) is 6. The van der Waals surface area contributed by atoms with E-state index in [2.05, 4.69) is 81.5 Å². The molecule has 1 atom stereocenters. The third-order valence-electron chi connectivity index (χ3n) is 9.68. The summed E-state index contributed by atoms with van der Waals surface area (Å²) in [4.78, 5) is 37.8. The third-order valence-corrected chi connectivity index (χ3v) is 9.68. The zero-order valence-electron chi connectivity index (χ0n) is 38.0. The molecule has 0 aromatic heterocycles. The van der Waals surface area contributed by atoms with E-state index in [1.807, 2.05) is 36.5 Å². The fourth-order valence-corrected chi connectivity index (χ4v) is 6.14. The van der Waals surface area contributed by atoms with Gasteiger partial charge in [0.1, 0.15) is 13.2 Å². The number of hydrogen-bond donors (Lipinski definition) is 0. The highest BCUT2D eigenvalue weighted by atomic mass is 16.6. The van der Waals surface area contributed by atoms with Crippen molar-refractivity contribution in [2.45, 2.75) is 207 Å². The molecule has 0 aromatic rings. The van der Waals surface area contributed by atoms with Crippen LogP contribution in [0.4, 0.5) is 0 Å². The van der Waals surface area contributed by atoms with Crippen LogP contribution in [-0.2, 0) is 28.6 Å². The Morgan fingerprint density at radius 3 is 1.31 bits per heavy atom. The minimum absolute atomic E-state index is 0.107. The smallest absolute Gasteiger partial charge is 0.306 e. The zero-order valence-corrected chi connectivity index (χ0v) is 38.0. The van der Waals surface area contributed by atoms with Crippen LogP contribution in [0.15, 0.2) is 97.2 Å². The normalized spacial score (nSPS) is 12.9. The molecule has 1 unspecified atom stereocenters. The van der Waals surface area contributed by atoms with Crippen molar-refractivity contribution in [2.75, 3.05) is 13.2 Å². The molecule has 0 heterocycles. The number of esters is 3. The van der Waals surface area contributed by atoms with Crippen molar-refractivity contribution in [1.29, 1.82) is 0 Å². The molecule has 334 valence electrons. The van der Waals surface area contributed by atoms with E-state index in [-0.39, 0.29) is 37.5 Å². The summed E-state index contributed by atoms with van der Waals surface area (Å²) in [5.74, 6) is -0.992. The van der Waals surface area contributed by atoms with Crippen molar-refractivity contribution in [3.05, 3.63) is 97.2 Å². The first-order chi connectivity index (χ1) is 29.0. The summed E-state index contributed by atoms with van der Waals surface area (Å²) in [5.41, 5.74) is 0. The third kappa shape index (κ3) is 45.3. The topological polar surface area (TPSA) is 78.9 Å². The van der Waals surface area contributed by atoms with Gasteiger partial charge in [0, 0.05) is 19.3 Å². The molecule has 0 radical (unpaired) electrons. The van der Waals surface area contributed by atoms with E-state index in [1.54, 1.807) is 0 Å². The molecule has 0 aliphatic carbocycles. The molecule has 0 amide bonds. The standard InChI is InChI=1S/C53H86O6/c1-4-7-10-13-16-19-22-24-25-26-27-28-29-32-34-37-40-43-46-52(55)58-49-50(48-57-51(54)45-42-39-36-33-30-21-18-15-12-9-6-3)59-53(56)47-44-41-38-35-31-23-20-17-14-11-8-5-2/h9-10,12-13,16,18-19,21-22,24-28,33,36,50H,4-8,11,14-15,17,20,23,29-32,34-35,37-49H2,1-3H3/b12-9-,13-10-,19-16-,21-18-,24-22-,26-25-,28-27-,36-33-. The molecule has 0 N–H and O–H groups in total. The van der Waals surface area contributed by atoms with Gasteiger partial charge in [0.05, 0.1) is 0 Å². The highest BCUT2D eigenvalue weighted by molar-refractivity contribution is 5.71. The molecule has 0 saturated heterocycles. The van der Waals surface area contributed by atoms with Crippen LogP contribution < -0.4 is 0 Å². The monoisotopic (exact) mass is 819 g/mol. The van der Waals surface area contributed by atoms with Crippen molar-refractivity contribution < 1.29 is 28.6 Å². The molecular weight excluding hydrogens is 733 g/mol. The van der Waals surface area contributed by atoms with Crippen molar-refractivity contribution >= 4 is 17.9 Å². The average molecular weight is 819 g/mol. The fourth-order valence-electron chi connectivity index (χ4n) is 6.14. The highest BCUT2D eigenvalue weighted by Gasteiger charge is 2.19. The summed E-state index contributed by atoms with van der Waals surface area (Å²) in [6.07, 6.45) is 61.0. The maximum Gasteiger partial charge on any atom is 0.306 e. The van der Waals surface area contributed by atoms with E-state index in [9.17, 15) is 14.4 Å². The van der Waals surface area contributed by atoms with Crippen LogP contribution in [0.1, 0.15) is 201 Å². The maximum atomic E-state index is 12.7. The number of rotatable bonds is 41. The van der Waals surface area contributed by atoms with Crippen LogP contribution in [0.2, 0.25) is 0 Å². The first-order valence-electron chi connectivity index (χ1n) is 23.8. The lowest BCUT2D eigenvalue weighted by Gasteiger charge is -2.18. The van der Waals surface area contributed by atoms with Gasteiger partial charge < -0.3 is 14.2 Å². The second-order valence-corrected chi connectivity index (χ2v) is 15.4. The van der Waals surface area contributed by atoms with E-state index < -0.39 is 6.10 Å². The second kappa shape index (κ2) is 47.0. The Bertz CT molecular complexity index is 1220. The molecule has 0 bridgehead atoms. The molecule has 0 rings (SSSR count). The van der Waals surface area contributed by atoms with Crippen LogP contribution in [-0.4, -0.2) is 37.2 Å².